The molecule has 4 aromatic carbocycles. The van der Waals surface area contributed by atoms with Crippen molar-refractivity contribution in [1.82, 2.24) is 5.32 Å². The van der Waals surface area contributed by atoms with Gasteiger partial charge in [0.25, 0.3) is 11.8 Å². The molecule has 0 saturated carbocycles. The molecule has 0 aromatic heterocycles. The number of carbonyl (C=O) groups is 3. The first-order valence-corrected chi connectivity index (χ1v) is 14.2. The summed E-state index contributed by atoms with van der Waals surface area (Å²) in [6.45, 7) is 5.83. The topological polar surface area (TPSA) is 87.3 Å². The first-order chi connectivity index (χ1) is 19.7. The highest BCUT2D eigenvalue weighted by Crippen LogP contribution is 2.27. The molecule has 0 radical (unpaired) electrons. The van der Waals surface area contributed by atoms with Crippen LogP contribution < -0.4 is 16.0 Å². The summed E-state index contributed by atoms with van der Waals surface area (Å²) in [5, 5.41) is 8.64. The van der Waals surface area contributed by atoms with Gasteiger partial charge in [-0.1, -0.05) is 65.7 Å². The molecule has 208 valence electrons. The second-order valence-corrected chi connectivity index (χ2v) is 11.3. The number of carbonyl (C=O) groups excluding carboxylic acids is 3. The maximum atomic E-state index is 13.3. The number of halogens is 1. The van der Waals surface area contributed by atoms with Crippen LogP contribution in [0.2, 0.25) is 5.02 Å². The summed E-state index contributed by atoms with van der Waals surface area (Å²) in [6, 6.07) is 28.8. The zero-order valence-electron chi connectivity index (χ0n) is 22.9. The Labute approximate surface area is 249 Å². The summed E-state index contributed by atoms with van der Waals surface area (Å²) in [5.74, 6) is -1.02. The van der Waals surface area contributed by atoms with E-state index in [-0.39, 0.29) is 16.9 Å². The second kappa shape index (κ2) is 13.8. The standard InChI is InChI=1S/C33H30ClN3O3S/c1-21-13-18-29(22(2)19-21)36-31(38)23(3)41-27-16-14-26(15-17-27)35-33(40)30(20-25-11-7-8-12-28(25)34)37-32(39)24-9-5-4-6-10-24/h4-20,23H,1-3H3,(H,35,40)(H,36,38)(H,37,39)/b30-20-. The van der Waals surface area contributed by atoms with Crippen molar-refractivity contribution in [3.8, 4) is 0 Å². The molecular formula is C33H30ClN3O3S. The Bertz CT molecular complexity index is 1590. The van der Waals surface area contributed by atoms with Gasteiger partial charge in [0, 0.05) is 26.9 Å². The van der Waals surface area contributed by atoms with E-state index in [1.54, 1.807) is 66.7 Å². The predicted octanol–water partition coefficient (Wildman–Crippen LogP) is 7.49. The van der Waals surface area contributed by atoms with Gasteiger partial charge in [-0.3, -0.25) is 14.4 Å². The first-order valence-electron chi connectivity index (χ1n) is 13.0. The van der Waals surface area contributed by atoms with Gasteiger partial charge in [0.05, 0.1) is 5.25 Å². The summed E-state index contributed by atoms with van der Waals surface area (Å²) in [6.07, 6.45) is 1.54. The lowest BCUT2D eigenvalue weighted by Gasteiger charge is -2.15. The largest absolute Gasteiger partial charge is 0.325 e. The Balaban J connectivity index is 1.43. The average molecular weight is 584 g/mol. The molecule has 8 heteroatoms. The van der Waals surface area contributed by atoms with Crippen molar-refractivity contribution in [3.05, 3.63) is 130 Å². The minimum atomic E-state index is -0.504. The molecule has 1 unspecified atom stereocenters. The summed E-state index contributed by atoms with van der Waals surface area (Å²) in [4.78, 5) is 39.7. The first kappa shape index (κ1) is 29.6. The van der Waals surface area contributed by atoms with Crippen LogP contribution in [-0.2, 0) is 9.59 Å². The molecule has 0 fully saturated rings. The molecular weight excluding hydrogens is 554 g/mol. The van der Waals surface area contributed by atoms with Crippen molar-refractivity contribution in [2.75, 3.05) is 10.6 Å². The van der Waals surface area contributed by atoms with Gasteiger partial charge < -0.3 is 16.0 Å². The summed E-state index contributed by atoms with van der Waals surface area (Å²) in [7, 11) is 0. The Morgan fingerprint density at radius 1 is 0.829 bits per heavy atom. The molecule has 0 saturated heterocycles. The quantitative estimate of drug-likeness (QED) is 0.141. The number of benzene rings is 4. The fraction of sp³-hybridized carbons (Fsp3) is 0.121. The molecule has 4 rings (SSSR count). The van der Waals surface area contributed by atoms with E-state index in [9.17, 15) is 14.4 Å². The molecule has 0 spiro atoms. The summed E-state index contributed by atoms with van der Waals surface area (Å²) >= 11 is 7.72. The number of anilines is 2. The highest BCUT2D eigenvalue weighted by molar-refractivity contribution is 8.00. The molecule has 0 heterocycles. The van der Waals surface area contributed by atoms with E-state index in [4.69, 9.17) is 11.6 Å². The third-order valence-corrected chi connectivity index (χ3v) is 7.62. The van der Waals surface area contributed by atoms with Crippen LogP contribution in [0.25, 0.3) is 6.08 Å². The molecule has 41 heavy (non-hydrogen) atoms. The van der Waals surface area contributed by atoms with Crippen LogP contribution in [0.3, 0.4) is 0 Å². The van der Waals surface area contributed by atoms with Crippen molar-refractivity contribution in [3.63, 3.8) is 0 Å². The Morgan fingerprint density at radius 2 is 1.51 bits per heavy atom. The number of nitrogens with one attached hydrogen (secondary N) is 3. The SMILES string of the molecule is Cc1ccc(NC(=O)C(C)Sc2ccc(NC(=O)/C(=C/c3ccccc3Cl)NC(=O)c3ccccc3)cc2)c(C)c1. The number of hydrogen-bond donors (Lipinski definition) is 3. The van der Waals surface area contributed by atoms with Crippen LogP contribution in [0.15, 0.2) is 108 Å². The van der Waals surface area contributed by atoms with Gasteiger partial charge in [0.1, 0.15) is 5.70 Å². The van der Waals surface area contributed by atoms with E-state index >= 15 is 0 Å². The monoisotopic (exact) mass is 583 g/mol. The van der Waals surface area contributed by atoms with Gasteiger partial charge in [-0.2, -0.15) is 0 Å². The molecule has 0 bridgehead atoms. The fourth-order valence-electron chi connectivity index (χ4n) is 3.95. The van der Waals surface area contributed by atoms with E-state index in [1.165, 1.54) is 11.8 Å². The Morgan fingerprint density at radius 3 is 2.20 bits per heavy atom. The number of aryl methyl sites for hydroxylation is 2. The van der Waals surface area contributed by atoms with Gasteiger partial charge in [-0.05, 0) is 86.5 Å². The van der Waals surface area contributed by atoms with Crippen LogP contribution in [0, 0.1) is 13.8 Å². The average Bonchev–Trinajstić information content (AvgIpc) is 2.96. The smallest absolute Gasteiger partial charge is 0.272 e. The maximum Gasteiger partial charge on any atom is 0.272 e. The van der Waals surface area contributed by atoms with Crippen LogP contribution in [0.1, 0.15) is 34.0 Å². The van der Waals surface area contributed by atoms with E-state index in [1.807, 2.05) is 57.2 Å². The fourth-order valence-corrected chi connectivity index (χ4v) is 5.01. The van der Waals surface area contributed by atoms with E-state index in [0.717, 1.165) is 21.7 Å². The third kappa shape index (κ3) is 8.33. The molecule has 1 atom stereocenters. The molecule has 6 nitrogen and oxygen atoms in total. The normalized spacial score (nSPS) is 11.9. The van der Waals surface area contributed by atoms with Gasteiger partial charge >= 0.3 is 0 Å². The zero-order valence-corrected chi connectivity index (χ0v) is 24.5. The molecule has 3 amide bonds. The van der Waals surface area contributed by atoms with Crippen molar-refractivity contribution in [1.29, 1.82) is 0 Å². The molecule has 4 aromatic rings. The Kier molecular flexibility index (Phi) is 10.0. The van der Waals surface area contributed by atoms with E-state index in [0.29, 0.717) is 21.8 Å². The van der Waals surface area contributed by atoms with Crippen LogP contribution in [0.4, 0.5) is 11.4 Å². The van der Waals surface area contributed by atoms with Crippen molar-refractivity contribution in [2.24, 2.45) is 0 Å². The van der Waals surface area contributed by atoms with Crippen molar-refractivity contribution < 1.29 is 14.4 Å². The lowest BCUT2D eigenvalue weighted by molar-refractivity contribution is -0.115. The van der Waals surface area contributed by atoms with Crippen LogP contribution in [0.5, 0.6) is 0 Å². The van der Waals surface area contributed by atoms with E-state index < -0.39 is 11.8 Å². The Hall–Kier alpha value is -4.33. The van der Waals surface area contributed by atoms with Crippen LogP contribution >= 0.6 is 23.4 Å². The number of thioether (sulfide) groups is 1. The number of hydrogen-bond acceptors (Lipinski definition) is 4. The minimum Gasteiger partial charge on any atom is -0.325 e. The second-order valence-electron chi connectivity index (χ2n) is 9.45. The lowest BCUT2D eigenvalue weighted by atomic mass is 10.1. The van der Waals surface area contributed by atoms with Gasteiger partial charge in [0.2, 0.25) is 5.91 Å². The van der Waals surface area contributed by atoms with Crippen molar-refractivity contribution in [2.45, 2.75) is 30.9 Å². The van der Waals surface area contributed by atoms with E-state index in [2.05, 4.69) is 16.0 Å². The molecule has 3 N–H and O–H groups in total. The van der Waals surface area contributed by atoms with Gasteiger partial charge in [-0.15, -0.1) is 11.8 Å². The highest BCUT2D eigenvalue weighted by atomic mass is 35.5. The van der Waals surface area contributed by atoms with Crippen molar-refractivity contribution >= 4 is 58.5 Å². The zero-order chi connectivity index (χ0) is 29.4. The highest BCUT2D eigenvalue weighted by Gasteiger charge is 2.17. The lowest BCUT2D eigenvalue weighted by Crippen LogP contribution is -2.30. The number of amides is 3. The summed E-state index contributed by atoms with van der Waals surface area (Å²) in [5.41, 5.74) is 4.53. The predicted molar refractivity (Wildman–Crippen MR) is 168 cm³/mol. The van der Waals surface area contributed by atoms with Crippen LogP contribution in [-0.4, -0.2) is 23.0 Å². The maximum absolute atomic E-state index is 13.3. The van der Waals surface area contributed by atoms with Gasteiger partial charge in [0.15, 0.2) is 0 Å². The minimum absolute atomic E-state index is 0.0436. The molecule has 0 aliphatic carbocycles. The number of rotatable bonds is 9. The molecule has 0 aliphatic heterocycles. The molecule has 0 aliphatic rings. The third-order valence-electron chi connectivity index (χ3n) is 6.17. The summed E-state index contributed by atoms with van der Waals surface area (Å²) < 4.78 is 0. The van der Waals surface area contributed by atoms with Gasteiger partial charge in [-0.25, -0.2) is 0 Å².